The largest absolute Gasteiger partial charge is 0.481 e. The summed E-state index contributed by atoms with van der Waals surface area (Å²) < 4.78 is 16.4. The lowest BCUT2D eigenvalue weighted by Crippen LogP contribution is -2.25. The lowest BCUT2D eigenvalue weighted by atomic mass is 10.2. The van der Waals surface area contributed by atoms with Crippen molar-refractivity contribution in [2.45, 2.75) is 18.9 Å². The maximum Gasteiger partial charge on any atom is 0.369 e. The highest BCUT2D eigenvalue weighted by molar-refractivity contribution is 7.67. The first kappa shape index (κ1) is 14.8. The summed E-state index contributed by atoms with van der Waals surface area (Å²) in [5, 5.41) is 18.8. The van der Waals surface area contributed by atoms with Gasteiger partial charge < -0.3 is 15.1 Å². The van der Waals surface area contributed by atoms with Crippen LogP contribution in [0.25, 0.3) is 0 Å². The van der Waals surface area contributed by atoms with Crippen LogP contribution in [0.1, 0.15) is 12.8 Å². The summed E-state index contributed by atoms with van der Waals surface area (Å²) in [5.41, 5.74) is 0. The van der Waals surface area contributed by atoms with E-state index < -0.39 is 32.1 Å². The number of carboxylic acids is 2. The Morgan fingerprint density at radius 3 is 2.56 bits per heavy atom. The van der Waals surface area contributed by atoms with Crippen molar-refractivity contribution in [3.63, 3.8) is 0 Å². The van der Waals surface area contributed by atoms with Crippen LogP contribution in [0.5, 0.6) is 0 Å². The monoisotopic (exact) mass is 294 g/mol. The predicted molar refractivity (Wildman–Crippen MR) is 63.2 cm³/mol. The Bertz CT molecular complexity index is 469. The number of thiophene rings is 1. The van der Waals surface area contributed by atoms with Gasteiger partial charge >= 0.3 is 19.5 Å². The number of carboxylic acid groups (broad SMARTS) is 2. The van der Waals surface area contributed by atoms with Gasteiger partial charge in [0.05, 0.1) is 0 Å². The number of aliphatic carboxylic acids is 2. The van der Waals surface area contributed by atoms with Gasteiger partial charge in [-0.2, -0.15) is 0 Å². The SMILES string of the molecule is O=C(O)CCC(OP(=O)(O)c1cccs1)C(=O)O. The van der Waals surface area contributed by atoms with Gasteiger partial charge in [-0.1, -0.05) is 6.07 Å². The highest BCUT2D eigenvalue weighted by Gasteiger charge is 2.32. The van der Waals surface area contributed by atoms with E-state index in [1.165, 1.54) is 12.1 Å². The average molecular weight is 294 g/mol. The molecule has 18 heavy (non-hydrogen) atoms. The van der Waals surface area contributed by atoms with Crippen LogP contribution in [-0.2, 0) is 18.7 Å². The molecule has 0 aromatic carbocycles. The molecule has 0 saturated heterocycles. The van der Waals surface area contributed by atoms with Crippen molar-refractivity contribution in [1.29, 1.82) is 0 Å². The molecule has 0 amide bonds. The summed E-state index contributed by atoms with van der Waals surface area (Å²) in [6.45, 7) is 0. The maximum atomic E-state index is 11.8. The first-order chi connectivity index (χ1) is 8.33. The van der Waals surface area contributed by atoms with E-state index in [4.69, 9.17) is 10.2 Å². The molecule has 0 bridgehead atoms. The molecular weight excluding hydrogens is 283 g/mol. The van der Waals surface area contributed by atoms with E-state index in [0.717, 1.165) is 11.3 Å². The van der Waals surface area contributed by atoms with Crippen molar-refractivity contribution in [1.82, 2.24) is 0 Å². The van der Waals surface area contributed by atoms with Gasteiger partial charge in [0, 0.05) is 6.42 Å². The average Bonchev–Trinajstić information content (AvgIpc) is 2.77. The van der Waals surface area contributed by atoms with Crippen LogP contribution >= 0.6 is 18.9 Å². The third-order valence-electron chi connectivity index (χ3n) is 1.95. The zero-order valence-electron chi connectivity index (χ0n) is 9.05. The van der Waals surface area contributed by atoms with Gasteiger partial charge in [0.25, 0.3) is 0 Å². The smallest absolute Gasteiger partial charge is 0.369 e. The molecule has 2 unspecified atom stereocenters. The Morgan fingerprint density at radius 2 is 2.11 bits per heavy atom. The molecule has 1 rings (SSSR count). The van der Waals surface area contributed by atoms with E-state index in [0.29, 0.717) is 0 Å². The van der Waals surface area contributed by atoms with Crippen LogP contribution in [0.4, 0.5) is 0 Å². The van der Waals surface area contributed by atoms with Crippen molar-refractivity contribution in [3.8, 4) is 0 Å². The van der Waals surface area contributed by atoms with Gasteiger partial charge in [-0.25, -0.2) is 4.79 Å². The molecule has 1 heterocycles. The van der Waals surface area contributed by atoms with Crippen molar-refractivity contribution >= 4 is 35.5 Å². The van der Waals surface area contributed by atoms with Gasteiger partial charge in [0.2, 0.25) is 0 Å². The topological polar surface area (TPSA) is 121 Å². The summed E-state index contributed by atoms with van der Waals surface area (Å²) in [5.74, 6) is -2.67. The molecule has 0 spiro atoms. The van der Waals surface area contributed by atoms with Crippen molar-refractivity contribution in [2.24, 2.45) is 0 Å². The highest BCUT2D eigenvalue weighted by atomic mass is 32.1. The number of hydrogen-bond acceptors (Lipinski definition) is 5. The van der Waals surface area contributed by atoms with E-state index in [-0.39, 0.29) is 11.0 Å². The summed E-state index contributed by atoms with van der Waals surface area (Å²) in [4.78, 5) is 30.7. The fourth-order valence-electron chi connectivity index (χ4n) is 1.13. The van der Waals surface area contributed by atoms with Crippen molar-refractivity contribution in [3.05, 3.63) is 17.5 Å². The van der Waals surface area contributed by atoms with Gasteiger partial charge in [0.1, 0.15) is 4.62 Å². The number of rotatable bonds is 7. The molecule has 2 atom stereocenters. The zero-order valence-corrected chi connectivity index (χ0v) is 10.8. The Balaban J connectivity index is 2.74. The van der Waals surface area contributed by atoms with Crippen LogP contribution in [0.3, 0.4) is 0 Å². The van der Waals surface area contributed by atoms with Crippen LogP contribution < -0.4 is 4.62 Å². The van der Waals surface area contributed by atoms with Crippen molar-refractivity contribution in [2.75, 3.05) is 0 Å². The molecule has 0 fully saturated rings. The molecule has 100 valence electrons. The second kappa shape index (κ2) is 6.10. The molecule has 0 aliphatic rings. The lowest BCUT2D eigenvalue weighted by molar-refractivity contribution is -0.146. The Kier molecular flexibility index (Phi) is 5.03. The van der Waals surface area contributed by atoms with E-state index in [1.807, 2.05) is 0 Å². The Labute approximate surface area is 106 Å². The summed E-state index contributed by atoms with van der Waals surface area (Å²) in [7, 11) is -4.22. The Morgan fingerprint density at radius 1 is 1.44 bits per heavy atom. The summed E-state index contributed by atoms with van der Waals surface area (Å²) in [6, 6.07) is 2.88. The minimum absolute atomic E-state index is 0.0177. The van der Waals surface area contributed by atoms with Crippen LogP contribution in [0, 0.1) is 0 Å². The standard InChI is InChI=1S/C9H11O7PS/c10-7(11)4-3-6(9(12)13)16-17(14,15)8-2-1-5-18-8/h1-2,5-6H,3-4H2,(H,10,11)(H,12,13)(H,14,15). The third kappa shape index (κ3) is 4.23. The van der Waals surface area contributed by atoms with E-state index >= 15 is 0 Å². The van der Waals surface area contributed by atoms with Gasteiger partial charge in [-0.05, 0) is 17.9 Å². The second-order valence-electron chi connectivity index (χ2n) is 3.34. The quantitative estimate of drug-likeness (QED) is 0.638. The van der Waals surface area contributed by atoms with Crippen LogP contribution in [0.2, 0.25) is 0 Å². The van der Waals surface area contributed by atoms with Gasteiger partial charge in [0.15, 0.2) is 6.10 Å². The fraction of sp³-hybridized carbons (Fsp3) is 0.333. The molecule has 3 N–H and O–H groups in total. The van der Waals surface area contributed by atoms with Gasteiger partial charge in [-0.15, -0.1) is 11.3 Å². The molecule has 0 radical (unpaired) electrons. The minimum Gasteiger partial charge on any atom is -0.481 e. The number of carbonyl (C=O) groups is 2. The summed E-state index contributed by atoms with van der Waals surface area (Å²) in [6.07, 6.45) is -2.46. The molecule has 0 saturated carbocycles. The molecular formula is C9H11O7PS. The first-order valence-electron chi connectivity index (χ1n) is 4.83. The molecule has 0 aliphatic heterocycles. The maximum absolute atomic E-state index is 11.8. The molecule has 0 aliphatic carbocycles. The van der Waals surface area contributed by atoms with E-state index in [1.54, 1.807) is 5.38 Å². The molecule has 1 aromatic rings. The predicted octanol–water partition coefficient (Wildman–Crippen LogP) is 0.893. The highest BCUT2D eigenvalue weighted by Crippen LogP contribution is 2.44. The fourth-order valence-corrected chi connectivity index (χ4v) is 3.35. The first-order valence-corrected chi connectivity index (χ1v) is 7.28. The second-order valence-corrected chi connectivity index (χ2v) is 6.32. The third-order valence-corrected chi connectivity index (χ3v) is 4.88. The normalized spacial score (nSPS) is 15.8. The minimum atomic E-state index is -4.22. The van der Waals surface area contributed by atoms with E-state index in [2.05, 4.69) is 4.52 Å². The van der Waals surface area contributed by atoms with Crippen LogP contribution in [-0.4, -0.2) is 33.1 Å². The molecule has 1 aromatic heterocycles. The van der Waals surface area contributed by atoms with Crippen LogP contribution in [0.15, 0.2) is 17.5 Å². The zero-order chi connectivity index (χ0) is 13.8. The number of hydrogen-bond donors (Lipinski definition) is 3. The summed E-state index contributed by atoms with van der Waals surface area (Å²) >= 11 is 0.961. The molecule has 7 nitrogen and oxygen atoms in total. The molecule has 9 heteroatoms. The Hall–Kier alpha value is -1.21. The van der Waals surface area contributed by atoms with Gasteiger partial charge in [-0.3, -0.25) is 13.9 Å². The van der Waals surface area contributed by atoms with Crippen molar-refractivity contribution < 1.29 is 33.8 Å². The van der Waals surface area contributed by atoms with E-state index in [9.17, 15) is 19.0 Å². The lowest BCUT2D eigenvalue weighted by Gasteiger charge is -2.16.